The number of fused-ring (bicyclic) bond motifs is 1. The molecule has 2 aromatic rings. The van der Waals surface area contributed by atoms with E-state index in [4.69, 9.17) is 9.47 Å². The van der Waals surface area contributed by atoms with Gasteiger partial charge in [0, 0.05) is 24.3 Å². The number of morpholine rings is 1. The Kier molecular flexibility index (Phi) is 5.58. The number of carbonyl (C=O) groups excluding carboxylic acids is 2. The molecule has 2 aromatic carbocycles. The summed E-state index contributed by atoms with van der Waals surface area (Å²) in [4.78, 5) is 26.6. The second-order valence-electron chi connectivity index (χ2n) is 7.11. The van der Waals surface area contributed by atoms with Gasteiger partial charge in [-0.2, -0.15) is 0 Å². The van der Waals surface area contributed by atoms with Crippen molar-refractivity contribution < 1.29 is 19.1 Å². The smallest absolute Gasteiger partial charge is 0.262 e. The molecule has 1 N–H and O–H groups in total. The van der Waals surface area contributed by atoms with Crippen molar-refractivity contribution in [1.82, 2.24) is 4.90 Å². The monoisotopic (exact) mass is 380 g/mol. The Bertz CT molecular complexity index is 875. The topological polar surface area (TPSA) is 67.9 Å². The van der Waals surface area contributed by atoms with Gasteiger partial charge in [0.05, 0.1) is 13.2 Å². The predicted molar refractivity (Wildman–Crippen MR) is 106 cm³/mol. The third-order valence-corrected chi connectivity index (χ3v) is 5.13. The molecule has 2 amide bonds. The first-order valence-electron chi connectivity index (χ1n) is 9.70. The molecule has 4 rings (SSSR count). The van der Waals surface area contributed by atoms with E-state index in [1.54, 1.807) is 29.2 Å². The van der Waals surface area contributed by atoms with Crippen LogP contribution in [0.5, 0.6) is 5.75 Å². The summed E-state index contributed by atoms with van der Waals surface area (Å²) in [6, 6.07) is 13.0. The highest BCUT2D eigenvalue weighted by Crippen LogP contribution is 2.26. The van der Waals surface area contributed by atoms with E-state index in [1.807, 2.05) is 12.1 Å². The molecule has 0 atom stereocenters. The fourth-order valence-corrected chi connectivity index (χ4v) is 3.66. The molecule has 6 heteroatoms. The van der Waals surface area contributed by atoms with Gasteiger partial charge in [-0.05, 0) is 60.7 Å². The fourth-order valence-electron chi connectivity index (χ4n) is 3.66. The van der Waals surface area contributed by atoms with Crippen LogP contribution in [0.1, 0.15) is 27.9 Å². The molecule has 146 valence electrons. The minimum absolute atomic E-state index is 0.0474. The van der Waals surface area contributed by atoms with Crippen molar-refractivity contribution in [3.05, 3.63) is 59.2 Å². The van der Waals surface area contributed by atoms with Gasteiger partial charge in [0.2, 0.25) is 0 Å². The lowest BCUT2D eigenvalue weighted by Gasteiger charge is -2.27. The molecule has 0 aromatic heterocycles. The molecular formula is C22H24N2O4. The Balaban J connectivity index is 1.33. The van der Waals surface area contributed by atoms with Gasteiger partial charge in [0.25, 0.3) is 11.8 Å². The van der Waals surface area contributed by atoms with Gasteiger partial charge in [0.15, 0.2) is 6.61 Å². The highest BCUT2D eigenvalue weighted by Gasteiger charge is 2.19. The van der Waals surface area contributed by atoms with E-state index in [2.05, 4.69) is 11.4 Å². The maximum Gasteiger partial charge on any atom is 0.262 e. The van der Waals surface area contributed by atoms with E-state index in [-0.39, 0.29) is 18.4 Å². The quantitative estimate of drug-likeness (QED) is 0.866. The number of rotatable bonds is 5. The molecular weight excluding hydrogens is 356 g/mol. The zero-order valence-electron chi connectivity index (χ0n) is 15.8. The van der Waals surface area contributed by atoms with Crippen molar-refractivity contribution in [1.29, 1.82) is 0 Å². The van der Waals surface area contributed by atoms with Gasteiger partial charge in [-0.15, -0.1) is 0 Å². The number of benzene rings is 2. The largest absolute Gasteiger partial charge is 0.484 e. The van der Waals surface area contributed by atoms with Crippen LogP contribution in [0.2, 0.25) is 0 Å². The number of ether oxygens (including phenoxy) is 2. The third-order valence-electron chi connectivity index (χ3n) is 5.13. The summed E-state index contributed by atoms with van der Waals surface area (Å²) in [6.07, 6.45) is 3.37. The van der Waals surface area contributed by atoms with Crippen LogP contribution < -0.4 is 10.1 Å². The predicted octanol–water partition coefficient (Wildman–Crippen LogP) is 2.67. The summed E-state index contributed by atoms with van der Waals surface area (Å²) in [5.74, 6) is 0.414. The van der Waals surface area contributed by atoms with Gasteiger partial charge >= 0.3 is 0 Å². The van der Waals surface area contributed by atoms with Crippen LogP contribution >= 0.6 is 0 Å². The number of hydrogen-bond donors (Lipinski definition) is 1. The fraction of sp³-hybridized carbons (Fsp3) is 0.364. The van der Waals surface area contributed by atoms with E-state index in [9.17, 15) is 9.59 Å². The number of aryl methyl sites for hydroxylation is 2. The second-order valence-corrected chi connectivity index (χ2v) is 7.11. The second kappa shape index (κ2) is 8.44. The molecule has 1 aliphatic heterocycles. The van der Waals surface area contributed by atoms with Crippen LogP contribution in [0.15, 0.2) is 42.5 Å². The zero-order chi connectivity index (χ0) is 19.3. The van der Waals surface area contributed by atoms with Crippen LogP contribution in [0.3, 0.4) is 0 Å². The van der Waals surface area contributed by atoms with Crippen LogP contribution in [-0.2, 0) is 22.4 Å². The molecule has 0 unspecified atom stereocenters. The molecule has 1 aliphatic carbocycles. The van der Waals surface area contributed by atoms with Crippen molar-refractivity contribution in [2.24, 2.45) is 0 Å². The van der Waals surface area contributed by atoms with Crippen LogP contribution in [0.4, 0.5) is 5.69 Å². The maximum absolute atomic E-state index is 12.6. The number of nitrogens with one attached hydrogen (secondary N) is 1. The summed E-state index contributed by atoms with van der Waals surface area (Å²) in [6.45, 7) is 2.22. The molecule has 0 radical (unpaired) electrons. The lowest BCUT2D eigenvalue weighted by molar-refractivity contribution is -0.118. The number of carbonyl (C=O) groups is 2. The minimum Gasteiger partial charge on any atom is -0.484 e. The van der Waals surface area contributed by atoms with E-state index in [1.165, 1.54) is 17.5 Å². The molecule has 0 saturated carbocycles. The number of anilines is 1. The van der Waals surface area contributed by atoms with Gasteiger partial charge in [0.1, 0.15) is 5.75 Å². The first kappa shape index (κ1) is 18.5. The Morgan fingerprint density at radius 3 is 2.71 bits per heavy atom. The first-order chi connectivity index (χ1) is 13.7. The Morgan fingerprint density at radius 1 is 1.04 bits per heavy atom. The molecule has 1 saturated heterocycles. The molecule has 1 heterocycles. The van der Waals surface area contributed by atoms with Gasteiger partial charge in [-0.3, -0.25) is 9.59 Å². The summed E-state index contributed by atoms with van der Waals surface area (Å²) in [5.41, 5.74) is 3.83. The average Bonchev–Trinajstić information content (AvgIpc) is 3.20. The average molecular weight is 380 g/mol. The Hall–Kier alpha value is -2.86. The molecule has 28 heavy (non-hydrogen) atoms. The van der Waals surface area contributed by atoms with Crippen LogP contribution in [-0.4, -0.2) is 49.6 Å². The van der Waals surface area contributed by atoms with Crippen molar-refractivity contribution in [2.45, 2.75) is 19.3 Å². The summed E-state index contributed by atoms with van der Waals surface area (Å²) in [5, 5.41) is 2.80. The lowest BCUT2D eigenvalue weighted by atomic mass is 10.1. The Labute approximate surface area is 164 Å². The standard InChI is InChI=1S/C22H24N2O4/c25-21(15-28-20-8-7-16-3-1-4-17(16)14-20)23-19-6-2-5-18(13-19)22(26)24-9-11-27-12-10-24/h2,5-8,13-14H,1,3-4,9-12,15H2,(H,23,25). The van der Waals surface area contributed by atoms with Crippen LogP contribution in [0, 0.1) is 0 Å². The normalized spacial score (nSPS) is 15.8. The van der Waals surface area contributed by atoms with Gasteiger partial charge in [-0.25, -0.2) is 0 Å². The SMILES string of the molecule is O=C(COc1ccc2c(c1)CCC2)Nc1cccc(C(=O)N2CCOCC2)c1. The number of amides is 2. The zero-order valence-corrected chi connectivity index (χ0v) is 15.8. The highest BCUT2D eigenvalue weighted by atomic mass is 16.5. The van der Waals surface area contributed by atoms with Crippen molar-refractivity contribution >= 4 is 17.5 Å². The van der Waals surface area contributed by atoms with Gasteiger partial charge in [-0.1, -0.05) is 12.1 Å². The number of hydrogen-bond acceptors (Lipinski definition) is 4. The Morgan fingerprint density at radius 2 is 1.86 bits per heavy atom. The molecule has 0 spiro atoms. The molecule has 2 aliphatic rings. The lowest BCUT2D eigenvalue weighted by Crippen LogP contribution is -2.40. The van der Waals surface area contributed by atoms with E-state index in [0.29, 0.717) is 43.3 Å². The van der Waals surface area contributed by atoms with E-state index >= 15 is 0 Å². The maximum atomic E-state index is 12.6. The summed E-state index contributed by atoms with van der Waals surface area (Å²) >= 11 is 0. The van der Waals surface area contributed by atoms with Crippen molar-refractivity contribution in [3.63, 3.8) is 0 Å². The highest BCUT2D eigenvalue weighted by molar-refractivity contribution is 5.97. The minimum atomic E-state index is -0.253. The molecule has 6 nitrogen and oxygen atoms in total. The van der Waals surface area contributed by atoms with Crippen molar-refractivity contribution in [2.75, 3.05) is 38.2 Å². The van der Waals surface area contributed by atoms with Crippen molar-refractivity contribution in [3.8, 4) is 5.75 Å². The van der Waals surface area contributed by atoms with E-state index < -0.39 is 0 Å². The molecule has 1 fully saturated rings. The van der Waals surface area contributed by atoms with E-state index in [0.717, 1.165) is 12.8 Å². The molecule has 0 bridgehead atoms. The number of nitrogens with zero attached hydrogens (tertiary/aromatic N) is 1. The van der Waals surface area contributed by atoms with Gasteiger partial charge < -0.3 is 19.7 Å². The summed E-state index contributed by atoms with van der Waals surface area (Å²) < 4.78 is 10.9. The first-order valence-corrected chi connectivity index (χ1v) is 9.70. The third kappa shape index (κ3) is 4.34. The van der Waals surface area contributed by atoms with Crippen LogP contribution in [0.25, 0.3) is 0 Å². The summed E-state index contributed by atoms with van der Waals surface area (Å²) in [7, 11) is 0.